The lowest BCUT2D eigenvalue weighted by Gasteiger charge is -2.28. The van der Waals surface area contributed by atoms with E-state index in [9.17, 15) is 9.59 Å². The van der Waals surface area contributed by atoms with E-state index in [0.29, 0.717) is 11.7 Å². The number of rotatable bonds is 5. The molecule has 0 saturated heterocycles. The number of amides is 2. The fraction of sp³-hybridized carbons (Fsp3) is 0.632. The average Bonchev–Trinajstić information content (AvgIpc) is 2.52. The quantitative estimate of drug-likeness (QED) is 0.869. The number of nitrogens with one attached hydrogen (secondary N) is 2. The second kappa shape index (κ2) is 8.27. The van der Waals surface area contributed by atoms with E-state index < -0.39 is 6.04 Å². The Hall–Kier alpha value is -1.91. The number of carbonyl (C=O) groups excluding carboxylic acids is 2. The van der Waals surface area contributed by atoms with Gasteiger partial charge in [0.25, 0.3) is 0 Å². The number of hydrogen-bond donors (Lipinski definition) is 2. The Morgan fingerprint density at radius 2 is 1.83 bits per heavy atom. The molecular formula is C19H29N3O2. The highest BCUT2D eigenvalue weighted by molar-refractivity contribution is 5.97. The van der Waals surface area contributed by atoms with Crippen LogP contribution in [-0.4, -0.2) is 22.8 Å². The maximum absolute atomic E-state index is 12.6. The first kappa shape index (κ1) is 18.4. The fourth-order valence-electron chi connectivity index (χ4n) is 3.14. The maximum atomic E-state index is 12.6. The van der Waals surface area contributed by atoms with Gasteiger partial charge in [0.15, 0.2) is 0 Å². The van der Waals surface area contributed by atoms with E-state index in [1.54, 1.807) is 6.07 Å². The Labute approximate surface area is 144 Å². The summed E-state index contributed by atoms with van der Waals surface area (Å²) in [6.45, 7) is 7.99. The van der Waals surface area contributed by atoms with Crippen LogP contribution in [0.15, 0.2) is 18.2 Å². The van der Waals surface area contributed by atoms with Crippen LogP contribution < -0.4 is 10.6 Å². The Morgan fingerprint density at radius 3 is 2.42 bits per heavy atom. The smallest absolute Gasteiger partial charge is 0.248 e. The van der Waals surface area contributed by atoms with Gasteiger partial charge >= 0.3 is 0 Å². The molecule has 0 aromatic carbocycles. The summed E-state index contributed by atoms with van der Waals surface area (Å²) in [6, 6.07) is 4.94. The van der Waals surface area contributed by atoms with Crippen LogP contribution in [-0.2, 0) is 9.59 Å². The molecule has 5 heteroatoms. The van der Waals surface area contributed by atoms with Gasteiger partial charge in [-0.3, -0.25) is 9.59 Å². The second-order valence-electron chi connectivity index (χ2n) is 7.34. The third-order valence-electron chi connectivity index (χ3n) is 4.77. The van der Waals surface area contributed by atoms with Crippen molar-refractivity contribution in [1.82, 2.24) is 10.3 Å². The van der Waals surface area contributed by atoms with E-state index in [0.717, 1.165) is 31.4 Å². The number of aromatic nitrogens is 1. The van der Waals surface area contributed by atoms with Crippen LogP contribution in [0.2, 0.25) is 0 Å². The van der Waals surface area contributed by atoms with Crippen molar-refractivity contribution in [3.05, 3.63) is 23.9 Å². The molecule has 2 amide bonds. The minimum absolute atomic E-state index is 0.00736. The zero-order chi connectivity index (χ0) is 17.7. The SMILES string of the molecule is Cc1cccc(NC(=O)[C@@H](NC(=O)C2CCC(C)CC2)C(C)C)n1. The van der Waals surface area contributed by atoms with Crippen molar-refractivity contribution >= 4 is 17.6 Å². The highest BCUT2D eigenvalue weighted by Gasteiger charge is 2.30. The first-order chi connectivity index (χ1) is 11.4. The Balaban J connectivity index is 1.98. The maximum Gasteiger partial charge on any atom is 0.248 e. The van der Waals surface area contributed by atoms with Crippen molar-refractivity contribution in [3.8, 4) is 0 Å². The van der Waals surface area contributed by atoms with E-state index in [1.807, 2.05) is 32.9 Å². The first-order valence-corrected chi connectivity index (χ1v) is 8.91. The molecular weight excluding hydrogens is 302 g/mol. The molecule has 1 aromatic rings. The summed E-state index contributed by atoms with van der Waals surface area (Å²) in [6.07, 6.45) is 4.01. The van der Waals surface area contributed by atoms with Gasteiger partial charge in [0, 0.05) is 11.6 Å². The Bertz CT molecular complexity index is 578. The van der Waals surface area contributed by atoms with Crippen LogP contribution in [0.1, 0.15) is 52.1 Å². The van der Waals surface area contributed by atoms with Gasteiger partial charge in [-0.15, -0.1) is 0 Å². The minimum Gasteiger partial charge on any atom is -0.344 e. The predicted molar refractivity (Wildman–Crippen MR) is 95.5 cm³/mol. The van der Waals surface area contributed by atoms with Crippen LogP contribution in [0, 0.1) is 24.7 Å². The third kappa shape index (κ3) is 5.05. The van der Waals surface area contributed by atoms with Gasteiger partial charge in [-0.25, -0.2) is 4.98 Å². The molecule has 1 aliphatic carbocycles. The van der Waals surface area contributed by atoms with Gasteiger partial charge in [0.2, 0.25) is 11.8 Å². The molecule has 0 aliphatic heterocycles. The van der Waals surface area contributed by atoms with Crippen molar-refractivity contribution in [2.45, 2.75) is 59.4 Å². The number of pyridine rings is 1. The van der Waals surface area contributed by atoms with Gasteiger partial charge in [-0.1, -0.05) is 26.8 Å². The van der Waals surface area contributed by atoms with Gasteiger partial charge in [-0.2, -0.15) is 0 Å². The number of anilines is 1. The van der Waals surface area contributed by atoms with Crippen molar-refractivity contribution in [2.24, 2.45) is 17.8 Å². The molecule has 0 bridgehead atoms. The molecule has 1 atom stereocenters. The van der Waals surface area contributed by atoms with Crippen LogP contribution in [0.3, 0.4) is 0 Å². The van der Waals surface area contributed by atoms with Gasteiger partial charge in [-0.05, 0) is 56.6 Å². The zero-order valence-electron chi connectivity index (χ0n) is 15.1. The Kier molecular flexibility index (Phi) is 6.35. The van der Waals surface area contributed by atoms with E-state index >= 15 is 0 Å². The van der Waals surface area contributed by atoms with E-state index in [1.165, 1.54) is 0 Å². The molecule has 24 heavy (non-hydrogen) atoms. The highest BCUT2D eigenvalue weighted by atomic mass is 16.2. The monoisotopic (exact) mass is 331 g/mol. The van der Waals surface area contributed by atoms with Crippen LogP contribution in [0.4, 0.5) is 5.82 Å². The standard InChI is InChI=1S/C19H29N3O2/c1-12(2)17(19(24)21-16-7-5-6-14(4)20-16)22-18(23)15-10-8-13(3)9-11-15/h5-7,12-13,15,17H,8-11H2,1-4H3,(H,22,23)(H,20,21,24)/t13?,15?,17-/m0/s1. The number of carbonyl (C=O) groups is 2. The average molecular weight is 331 g/mol. The molecule has 5 nitrogen and oxygen atoms in total. The number of aryl methyl sites for hydroxylation is 1. The summed E-state index contributed by atoms with van der Waals surface area (Å²) in [5, 5.41) is 5.77. The van der Waals surface area contributed by atoms with E-state index in [-0.39, 0.29) is 23.7 Å². The van der Waals surface area contributed by atoms with Crippen LogP contribution >= 0.6 is 0 Å². The molecule has 0 radical (unpaired) electrons. The lowest BCUT2D eigenvalue weighted by molar-refractivity contribution is -0.131. The summed E-state index contributed by atoms with van der Waals surface area (Å²) < 4.78 is 0. The number of nitrogens with zero attached hydrogens (tertiary/aromatic N) is 1. The van der Waals surface area contributed by atoms with Crippen molar-refractivity contribution < 1.29 is 9.59 Å². The van der Waals surface area contributed by atoms with Gasteiger partial charge < -0.3 is 10.6 Å². The Morgan fingerprint density at radius 1 is 1.17 bits per heavy atom. The van der Waals surface area contributed by atoms with E-state index in [4.69, 9.17) is 0 Å². The highest BCUT2D eigenvalue weighted by Crippen LogP contribution is 2.28. The molecule has 1 aromatic heterocycles. The van der Waals surface area contributed by atoms with Crippen molar-refractivity contribution in [3.63, 3.8) is 0 Å². The third-order valence-corrected chi connectivity index (χ3v) is 4.77. The predicted octanol–water partition coefficient (Wildman–Crippen LogP) is 3.30. The molecule has 1 fully saturated rings. The molecule has 0 spiro atoms. The first-order valence-electron chi connectivity index (χ1n) is 8.91. The van der Waals surface area contributed by atoms with Gasteiger partial charge in [0.05, 0.1) is 0 Å². The van der Waals surface area contributed by atoms with Crippen LogP contribution in [0.25, 0.3) is 0 Å². The van der Waals surface area contributed by atoms with Crippen LogP contribution in [0.5, 0.6) is 0 Å². The normalized spacial score (nSPS) is 22.0. The van der Waals surface area contributed by atoms with E-state index in [2.05, 4.69) is 22.5 Å². The summed E-state index contributed by atoms with van der Waals surface area (Å²) in [5.74, 6) is 1.07. The molecule has 2 rings (SSSR count). The molecule has 1 saturated carbocycles. The largest absolute Gasteiger partial charge is 0.344 e. The summed E-state index contributed by atoms with van der Waals surface area (Å²) >= 11 is 0. The molecule has 132 valence electrons. The van der Waals surface area contributed by atoms with Crippen molar-refractivity contribution in [2.75, 3.05) is 5.32 Å². The fourth-order valence-corrected chi connectivity index (χ4v) is 3.14. The zero-order valence-corrected chi connectivity index (χ0v) is 15.1. The molecule has 1 heterocycles. The summed E-state index contributed by atoms with van der Waals surface area (Å²) in [4.78, 5) is 29.4. The van der Waals surface area contributed by atoms with Crippen molar-refractivity contribution in [1.29, 1.82) is 0 Å². The second-order valence-corrected chi connectivity index (χ2v) is 7.34. The topological polar surface area (TPSA) is 71.1 Å². The summed E-state index contributed by atoms with van der Waals surface area (Å²) in [7, 11) is 0. The number of hydrogen-bond acceptors (Lipinski definition) is 3. The minimum atomic E-state index is -0.542. The van der Waals surface area contributed by atoms with Gasteiger partial charge in [0.1, 0.15) is 11.9 Å². The molecule has 1 aliphatic rings. The lowest BCUT2D eigenvalue weighted by Crippen LogP contribution is -2.49. The molecule has 2 N–H and O–H groups in total. The lowest BCUT2D eigenvalue weighted by atomic mass is 9.82. The molecule has 0 unspecified atom stereocenters. The summed E-state index contributed by atoms with van der Waals surface area (Å²) in [5.41, 5.74) is 0.842.